The number of aromatic nitrogens is 2. The van der Waals surface area contributed by atoms with E-state index in [-0.39, 0.29) is 5.56 Å². The first-order valence-corrected chi connectivity index (χ1v) is 6.70. The number of rotatable bonds is 4. The van der Waals surface area contributed by atoms with Gasteiger partial charge in [0.15, 0.2) is 0 Å². The van der Waals surface area contributed by atoms with E-state index in [2.05, 4.69) is 23.9 Å². The van der Waals surface area contributed by atoms with E-state index in [4.69, 9.17) is 0 Å². The summed E-state index contributed by atoms with van der Waals surface area (Å²) in [7, 11) is 0. The molecule has 1 aromatic heterocycles. The lowest BCUT2D eigenvalue weighted by atomic mass is 10.1. The van der Waals surface area contributed by atoms with E-state index in [0.29, 0.717) is 17.1 Å². The van der Waals surface area contributed by atoms with Crippen LogP contribution in [0.1, 0.15) is 32.5 Å². The molecule has 1 aromatic carbocycles. The Morgan fingerprint density at radius 3 is 2.68 bits per heavy atom. The van der Waals surface area contributed by atoms with Crippen LogP contribution in [0.3, 0.4) is 0 Å². The first-order valence-electron chi connectivity index (χ1n) is 6.70. The fraction of sp³-hybridized carbons (Fsp3) is 0.400. The number of hydrogen-bond acceptors (Lipinski definition) is 3. The lowest BCUT2D eigenvalue weighted by molar-refractivity contribution is 0.643. The summed E-state index contributed by atoms with van der Waals surface area (Å²) in [6.45, 7) is 6.04. The normalized spacial score (nSPS) is 11.8. The molecule has 0 saturated carbocycles. The molecule has 0 aliphatic rings. The van der Waals surface area contributed by atoms with Crippen LogP contribution < -0.4 is 5.56 Å². The van der Waals surface area contributed by atoms with Gasteiger partial charge in [-0.1, -0.05) is 26.0 Å². The molecule has 0 amide bonds. The molecule has 0 bridgehead atoms. The van der Waals surface area contributed by atoms with Crippen molar-refractivity contribution in [3.05, 3.63) is 40.4 Å². The summed E-state index contributed by atoms with van der Waals surface area (Å²) in [4.78, 5) is 16.8. The van der Waals surface area contributed by atoms with Crippen LogP contribution >= 0.6 is 0 Å². The maximum Gasteiger partial charge on any atom is 0.282 e. The first kappa shape index (κ1) is 13.5. The molecule has 0 N–H and O–H groups in total. The second-order valence-corrected chi connectivity index (χ2v) is 4.63. The third kappa shape index (κ3) is 2.72. The Hall–Kier alpha value is -1.97. The highest BCUT2D eigenvalue weighted by Gasteiger charge is 2.06. The Kier molecular flexibility index (Phi) is 4.10. The minimum Gasteiger partial charge on any atom is -0.267 e. The van der Waals surface area contributed by atoms with E-state index >= 15 is 0 Å². The Labute approximate surface area is 112 Å². The quantitative estimate of drug-likeness (QED) is 0.790. The predicted molar refractivity (Wildman–Crippen MR) is 78.7 cm³/mol. The van der Waals surface area contributed by atoms with Gasteiger partial charge in [-0.2, -0.15) is 9.78 Å². The van der Waals surface area contributed by atoms with Gasteiger partial charge in [0.2, 0.25) is 0 Å². The molecule has 2 aromatic rings. The van der Waals surface area contributed by atoms with E-state index in [9.17, 15) is 4.79 Å². The van der Waals surface area contributed by atoms with Gasteiger partial charge in [0.1, 0.15) is 5.82 Å². The molecule has 0 fully saturated rings. The lowest BCUT2D eigenvalue weighted by Crippen LogP contribution is -2.21. The van der Waals surface area contributed by atoms with Crippen LogP contribution in [0.4, 0.5) is 0 Å². The highest BCUT2D eigenvalue weighted by Crippen LogP contribution is 2.08. The Balaban J connectivity index is 2.52. The summed E-state index contributed by atoms with van der Waals surface area (Å²) in [5.74, 6) is 1.02. The van der Waals surface area contributed by atoms with Gasteiger partial charge in [0, 0.05) is 6.21 Å². The Morgan fingerprint density at radius 2 is 2.00 bits per heavy atom. The molecular formula is C15H19N3O. The third-order valence-corrected chi connectivity index (χ3v) is 3.36. The van der Waals surface area contributed by atoms with Crippen molar-refractivity contribution in [3.63, 3.8) is 0 Å². The summed E-state index contributed by atoms with van der Waals surface area (Å²) in [6, 6.07) is 7.35. The van der Waals surface area contributed by atoms with Crippen molar-refractivity contribution in [1.29, 1.82) is 0 Å². The second-order valence-electron chi connectivity index (χ2n) is 4.63. The number of fused-ring (bicyclic) bond motifs is 1. The van der Waals surface area contributed by atoms with Gasteiger partial charge in [-0.05, 0) is 37.8 Å². The fourth-order valence-electron chi connectivity index (χ4n) is 2.03. The first-order chi connectivity index (χ1) is 9.17. The largest absolute Gasteiger partial charge is 0.282 e. The molecule has 0 aliphatic carbocycles. The molecular weight excluding hydrogens is 238 g/mol. The van der Waals surface area contributed by atoms with Crippen molar-refractivity contribution in [2.24, 2.45) is 11.0 Å². The monoisotopic (exact) mass is 257 g/mol. The van der Waals surface area contributed by atoms with Gasteiger partial charge >= 0.3 is 0 Å². The van der Waals surface area contributed by atoms with Gasteiger partial charge in [0.05, 0.1) is 10.9 Å². The van der Waals surface area contributed by atoms with Crippen molar-refractivity contribution in [2.45, 2.75) is 33.6 Å². The minimum atomic E-state index is -0.106. The number of aryl methyl sites for hydroxylation is 1. The second kappa shape index (κ2) is 5.78. The lowest BCUT2D eigenvalue weighted by Gasteiger charge is -2.07. The van der Waals surface area contributed by atoms with Gasteiger partial charge in [-0.25, -0.2) is 4.98 Å². The molecule has 2 rings (SSSR count). The van der Waals surface area contributed by atoms with Crippen molar-refractivity contribution < 1.29 is 0 Å². The molecule has 100 valence electrons. The van der Waals surface area contributed by atoms with Crippen molar-refractivity contribution in [1.82, 2.24) is 9.66 Å². The van der Waals surface area contributed by atoms with Gasteiger partial charge < -0.3 is 0 Å². The van der Waals surface area contributed by atoms with Crippen molar-refractivity contribution >= 4 is 17.1 Å². The molecule has 0 radical (unpaired) electrons. The summed E-state index contributed by atoms with van der Waals surface area (Å²) >= 11 is 0. The molecule has 0 saturated heterocycles. The molecule has 4 heteroatoms. The predicted octanol–water partition coefficient (Wildman–Crippen LogP) is 2.98. The zero-order chi connectivity index (χ0) is 13.8. The van der Waals surface area contributed by atoms with E-state index < -0.39 is 0 Å². The molecule has 4 nitrogen and oxygen atoms in total. The summed E-state index contributed by atoms with van der Waals surface area (Å²) in [5.41, 5.74) is 0.615. The highest BCUT2D eigenvalue weighted by atomic mass is 16.1. The zero-order valence-corrected chi connectivity index (χ0v) is 11.6. The zero-order valence-electron chi connectivity index (χ0n) is 11.6. The maximum absolute atomic E-state index is 12.3. The molecule has 0 spiro atoms. The summed E-state index contributed by atoms with van der Waals surface area (Å²) in [5, 5.41) is 4.92. The van der Waals surface area contributed by atoms with Crippen LogP contribution in [0.15, 0.2) is 34.2 Å². The van der Waals surface area contributed by atoms with Gasteiger partial charge in [-0.15, -0.1) is 0 Å². The van der Waals surface area contributed by atoms with Crippen LogP contribution in [-0.4, -0.2) is 15.9 Å². The Bertz CT molecular complexity index is 654. The van der Waals surface area contributed by atoms with Crippen LogP contribution in [0.25, 0.3) is 10.9 Å². The van der Waals surface area contributed by atoms with Gasteiger partial charge in [0.25, 0.3) is 5.56 Å². The summed E-state index contributed by atoms with van der Waals surface area (Å²) in [6.07, 6.45) is 3.90. The number of benzene rings is 1. The van der Waals surface area contributed by atoms with Gasteiger partial charge in [-0.3, -0.25) is 4.79 Å². The average molecular weight is 257 g/mol. The van der Waals surface area contributed by atoms with Crippen LogP contribution in [0, 0.1) is 12.8 Å². The van der Waals surface area contributed by atoms with Crippen molar-refractivity contribution in [2.75, 3.05) is 0 Å². The molecule has 19 heavy (non-hydrogen) atoms. The van der Waals surface area contributed by atoms with E-state index in [0.717, 1.165) is 18.4 Å². The minimum absolute atomic E-state index is 0.106. The number of para-hydroxylation sites is 1. The maximum atomic E-state index is 12.3. The highest BCUT2D eigenvalue weighted by molar-refractivity contribution is 5.77. The summed E-state index contributed by atoms with van der Waals surface area (Å²) < 4.78 is 1.39. The SMILES string of the molecule is CCC(/C=N\n1c(C)nc2ccccc2c1=O)CC. The number of hydrogen-bond donors (Lipinski definition) is 0. The standard InChI is InChI=1S/C15H19N3O/c1-4-12(5-2)10-16-18-11(3)17-14-9-7-6-8-13(14)15(18)19/h6-10,12H,4-5H2,1-3H3/b16-10-. The van der Waals surface area contributed by atoms with E-state index in [1.165, 1.54) is 4.68 Å². The van der Waals surface area contributed by atoms with E-state index in [1.54, 1.807) is 13.0 Å². The topological polar surface area (TPSA) is 47.2 Å². The molecule has 1 heterocycles. The third-order valence-electron chi connectivity index (χ3n) is 3.36. The van der Waals surface area contributed by atoms with Crippen molar-refractivity contribution in [3.8, 4) is 0 Å². The van der Waals surface area contributed by atoms with E-state index in [1.807, 2.05) is 24.4 Å². The smallest absolute Gasteiger partial charge is 0.267 e. The molecule has 0 atom stereocenters. The Morgan fingerprint density at radius 1 is 1.32 bits per heavy atom. The fourth-order valence-corrected chi connectivity index (χ4v) is 2.03. The van der Waals surface area contributed by atoms with Crippen LogP contribution in [-0.2, 0) is 0 Å². The van der Waals surface area contributed by atoms with Crippen LogP contribution in [0.5, 0.6) is 0 Å². The average Bonchev–Trinajstić information content (AvgIpc) is 2.43. The number of nitrogens with zero attached hydrogens (tertiary/aromatic N) is 3. The molecule has 0 aliphatic heterocycles. The van der Waals surface area contributed by atoms with Crippen LogP contribution in [0.2, 0.25) is 0 Å². The molecule has 0 unspecified atom stereocenters.